The smallest absolute Gasteiger partial charge is 0.120 e. The van der Waals surface area contributed by atoms with E-state index in [0.717, 1.165) is 22.7 Å². The molecule has 0 atom stereocenters. The van der Waals surface area contributed by atoms with Crippen molar-refractivity contribution in [2.75, 3.05) is 12.4 Å². The lowest BCUT2D eigenvalue weighted by atomic mass is 10.1. The second-order valence-corrected chi connectivity index (χ2v) is 5.16. The first-order valence-electron chi connectivity index (χ1n) is 6.33. The maximum atomic E-state index is 5.77. The predicted molar refractivity (Wildman–Crippen MR) is 88.1 cm³/mol. The molecule has 0 bridgehead atoms. The second-order valence-electron chi connectivity index (χ2n) is 4.72. The summed E-state index contributed by atoms with van der Waals surface area (Å²) in [5.41, 5.74) is 10.9. The number of aryl methyl sites for hydroxylation is 2. The Morgan fingerprint density at radius 2 is 1.85 bits per heavy atom. The topological polar surface area (TPSA) is 47.3 Å². The number of hydrogen-bond donors (Lipinski definition) is 2. The van der Waals surface area contributed by atoms with Gasteiger partial charge in [-0.2, -0.15) is 0 Å². The van der Waals surface area contributed by atoms with E-state index in [1.165, 1.54) is 11.1 Å². The van der Waals surface area contributed by atoms with E-state index in [0.29, 0.717) is 4.99 Å². The molecule has 0 aliphatic heterocycles. The molecule has 0 radical (unpaired) electrons. The minimum Gasteiger partial charge on any atom is -0.497 e. The summed E-state index contributed by atoms with van der Waals surface area (Å²) in [6.07, 6.45) is 0. The van der Waals surface area contributed by atoms with Gasteiger partial charge in [-0.25, -0.2) is 0 Å². The number of nitrogens with two attached hydrogens (primary N) is 1. The van der Waals surface area contributed by atoms with Crippen molar-refractivity contribution in [3.05, 3.63) is 53.1 Å². The number of ether oxygens (including phenoxy) is 1. The van der Waals surface area contributed by atoms with Gasteiger partial charge in [0.2, 0.25) is 0 Å². The van der Waals surface area contributed by atoms with E-state index in [9.17, 15) is 0 Å². The quantitative estimate of drug-likeness (QED) is 0.842. The lowest BCUT2D eigenvalue weighted by Crippen LogP contribution is -2.12. The van der Waals surface area contributed by atoms with Crippen LogP contribution in [0.4, 0.5) is 11.4 Å². The highest BCUT2D eigenvalue weighted by Crippen LogP contribution is 2.27. The van der Waals surface area contributed by atoms with E-state index < -0.39 is 0 Å². The van der Waals surface area contributed by atoms with Gasteiger partial charge in [-0.15, -0.1) is 0 Å². The average molecular weight is 286 g/mol. The van der Waals surface area contributed by atoms with Crippen molar-refractivity contribution in [3.8, 4) is 5.75 Å². The van der Waals surface area contributed by atoms with Crippen molar-refractivity contribution >= 4 is 28.6 Å². The molecule has 0 aliphatic carbocycles. The summed E-state index contributed by atoms with van der Waals surface area (Å²) >= 11 is 5.10. The molecule has 2 aromatic carbocycles. The highest BCUT2D eigenvalue weighted by Gasteiger charge is 2.08. The summed E-state index contributed by atoms with van der Waals surface area (Å²) in [4.78, 5) is 0.361. The normalized spacial score (nSPS) is 10.2. The molecule has 3 nitrogen and oxygen atoms in total. The van der Waals surface area contributed by atoms with E-state index in [1.54, 1.807) is 7.11 Å². The standard InChI is InChI=1S/C16H18N2OS/c1-10-4-7-14(11(2)8-10)18-15-9-12(19-3)5-6-13(15)16(17)20/h4-9,18H,1-3H3,(H2,17,20). The first kappa shape index (κ1) is 14.3. The Hall–Kier alpha value is -2.07. The van der Waals surface area contributed by atoms with Gasteiger partial charge in [-0.3, -0.25) is 0 Å². The van der Waals surface area contributed by atoms with Crippen LogP contribution in [-0.4, -0.2) is 12.1 Å². The molecule has 2 aromatic rings. The molecule has 0 fully saturated rings. The van der Waals surface area contributed by atoms with Crippen molar-refractivity contribution in [2.45, 2.75) is 13.8 Å². The van der Waals surface area contributed by atoms with Crippen LogP contribution in [0.2, 0.25) is 0 Å². The average Bonchev–Trinajstić information content (AvgIpc) is 2.41. The van der Waals surface area contributed by atoms with Crippen LogP contribution in [0.5, 0.6) is 5.75 Å². The van der Waals surface area contributed by atoms with Crippen LogP contribution in [0.1, 0.15) is 16.7 Å². The number of hydrogen-bond acceptors (Lipinski definition) is 3. The SMILES string of the molecule is COc1ccc(C(N)=S)c(Nc2ccc(C)cc2C)c1. The Balaban J connectivity index is 2.43. The molecule has 4 heteroatoms. The molecule has 0 aliphatic rings. The van der Waals surface area contributed by atoms with Crippen molar-refractivity contribution in [3.63, 3.8) is 0 Å². The lowest BCUT2D eigenvalue weighted by Gasteiger charge is -2.15. The van der Waals surface area contributed by atoms with Crippen LogP contribution in [-0.2, 0) is 0 Å². The highest BCUT2D eigenvalue weighted by atomic mass is 32.1. The maximum absolute atomic E-state index is 5.77. The summed E-state index contributed by atoms with van der Waals surface area (Å²) in [6.45, 7) is 4.14. The van der Waals surface area contributed by atoms with Gasteiger partial charge in [0.25, 0.3) is 0 Å². The zero-order valence-corrected chi connectivity index (χ0v) is 12.7. The molecule has 0 saturated carbocycles. The number of nitrogens with one attached hydrogen (secondary N) is 1. The van der Waals surface area contributed by atoms with Crippen molar-refractivity contribution in [1.82, 2.24) is 0 Å². The van der Waals surface area contributed by atoms with Crippen LogP contribution in [0, 0.1) is 13.8 Å². The lowest BCUT2D eigenvalue weighted by molar-refractivity contribution is 0.415. The molecule has 0 unspecified atom stereocenters. The van der Waals surface area contributed by atoms with Crippen molar-refractivity contribution in [2.24, 2.45) is 5.73 Å². The summed E-state index contributed by atoms with van der Waals surface area (Å²) < 4.78 is 5.25. The van der Waals surface area contributed by atoms with Gasteiger partial charge in [0.1, 0.15) is 10.7 Å². The predicted octanol–water partition coefficient (Wildman–Crippen LogP) is 3.69. The second kappa shape index (κ2) is 5.92. The van der Waals surface area contributed by atoms with Gasteiger partial charge >= 0.3 is 0 Å². The van der Waals surface area contributed by atoms with Gasteiger partial charge in [0.05, 0.1) is 12.8 Å². The van der Waals surface area contributed by atoms with Gasteiger partial charge < -0.3 is 15.8 Å². The minimum absolute atomic E-state index is 0.361. The Labute approximate surface area is 124 Å². The summed E-state index contributed by atoms with van der Waals surface area (Å²) in [7, 11) is 1.64. The van der Waals surface area contributed by atoms with Crippen LogP contribution < -0.4 is 15.8 Å². The molecule has 20 heavy (non-hydrogen) atoms. The zero-order chi connectivity index (χ0) is 14.7. The molecule has 0 aromatic heterocycles. The monoisotopic (exact) mass is 286 g/mol. The first-order chi connectivity index (χ1) is 9.51. The van der Waals surface area contributed by atoms with Crippen LogP contribution in [0.25, 0.3) is 0 Å². The Morgan fingerprint density at radius 3 is 2.45 bits per heavy atom. The molecule has 0 amide bonds. The summed E-state index contributed by atoms with van der Waals surface area (Å²) in [5, 5.41) is 3.38. The number of thiocarbonyl (C=S) groups is 1. The van der Waals surface area contributed by atoms with Crippen LogP contribution >= 0.6 is 12.2 Å². The van der Waals surface area contributed by atoms with E-state index in [2.05, 4.69) is 31.3 Å². The van der Waals surface area contributed by atoms with Crippen molar-refractivity contribution < 1.29 is 4.74 Å². The molecular weight excluding hydrogens is 268 g/mol. The third-order valence-electron chi connectivity index (χ3n) is 3.14. The van der Waals surface area contributed by atoms with Gasteiger partial charge in [-0.1, -0.05) is 29.9 Å². The van der Waals surface area contributed by atoms with Gasteiger partial charge in [0, 0.05) is 17.3 Å². The zero-order valence-electron chi connectivity index (χ0n) is 11.9. The molecular formula is C16H18N2OS. The van der Waals surface area contributed by atoms with Crippen molar-refractivity contribution in [1.29, 1.82) is 0 Å². The van der Waals surface area contributed by atoms with Crippen LogP contribution in [0.15, 0.2) is 36.4 Å². The Bertz CT molecular complexity index is 653. The Morgan fingerprint density at radius 1 is 1.10 bits per heavy atom. The maximum Gasteiger partial charge on any atom is 0.120 e. The third-order valence-corrected chi connectivity index (χ3v) is 3.36. The molecule has 0 spiro atoms. The fourth-order valence-electron chi connectivity index (χ4n) is 2.07. The summed E-state index contributed by atoms with van der Waals surface area (Å²) in [5.74, 6) is 0.761. The Kier molecular flexibility index (Phi) is 4.25. The van der Waals surface area contributed by atoms with E-state index in [1.807, 2.05) is 24.3 Å². The fourth-order valence-corrected chi connectivity index (χ4v) is 2.25. The van der Waals surface area contributed by atoms with E-state index in [4.69, 9.17) is 22.7 Å². The molecule has 104 valence electrons. The number of methoxy groups -OCH3 is 1. The molecule has 0 heterocycles. The number of rotatable bonds is 4. The van der Waals surface area contributed by atoms with Gasteiger partial charge in [-0.05, 0) is 37.6 Å². The van der Waals surface area contributed by atoms with E-state index >= 15 is 0 Å². The van der Waals surface area contributed by atoms with Gasteiger partial charge in [0.15, 0.2) is 0 Å². The molecule has 0 saturated heterocycles. The third kappa shape index (κ3) is 3.08. The largest absolute Gasteiger partial charge is 0.497 e. The molecule has 2 rings (SSSR count). The molecule has 3 N–H and O–H groups in total. The highest BCUT2D eigenvalue weighted by molar-refractivity contribution is 7.80. The summed E-state index contributed by atoms with van der Waals surface area (Å²) in [6, 6.07) is 11.9. The first-order valence-corrected chi connectivity index (χ1v) is 6.74. The number of anilines is 2. The minimum atomic E-state index is 0.361. The van der Waals surface area contributed by atoms with E-state index in [-0.39, 0.29) is 0 Å². The van der Waals surface area contributed by atoms with Crippen LogP contribution in [0.3, 0.4) is 0 Å². The number of benzene rings is 2. The fraction of sp³-hybridized carbons (Fsp3) is 0.188.